The molecule has 2 heterocycles. The maximum atomic E-state index is 10.7. The van der Waals surface area contributed by atoms with E-state index >= 15 is 0 Å². The van der Waals surface area contributed by atoms with Gasteiger partial charge >= 0.3 is 11.9 Å². The molecule has 34 heavy (non-hydrogen) atoms. The summed E-state index contributed by atoms with van der Waals surface area (Å²) in [6, 6.07) is 20.1. The number of carbonyl (C=O) groups is 2. The number of hydrogen-bond acceptors (Lipinski definition) is 6. The van der Waals surface area contributed by atoms with Crippen LogP contribution in [0, 0.1) is 0 Å². The maximum absolute atomic E-state index is 10.7. The topological polar surface area (TPSA) is 119 Å². The molecule has 0 aliphatic carbocycles. The molecule has 0 aliphatic heterocycles. The van der Waals surface area contributed by atoms with Crippen LogP contribution in [0.25, 0.3) is 11.1 Å². The average molecular weight is 458 g/mol. The quantitative estimate of drug-likeness (QED) is 0.365. The molecular formula is C26H22N2O6. The molecule has 8 nitrogen and oxygen atoms in total. The van der Waals surface area contributed by atoms with Crippen LogP contribution in [0.1, 0.15) is 20.7 Å². The summed E-state index contributed by atoms with van der Waals surface area (Å²) in [7, 11) is 0. The molecule has 4 aromatic rings. The lowest BCUT2D eigenvalue weighted by molar-refractivity contribution is 0.0686. The fraction of sp³-hybridized carbons (Fsp3) is 0.0769. The second kappa shape index (κ2) is 12.4. The smallest absolute Gasteiger partial charge is 0.335 e. The van der Waals surface area contributed by atoms with Crippen LogP contribution in [0.15, 0.2) is 97.6 Å². The molecule has 0 bridgehead atoms. The van der Waals surface area contributed by atoms with Gasteiger partial charge in [-0.05, 0) is 83.9 Å². The van der Waals surface area contributed by atoms with E-state index in [0.717, 1.165) is 0 Å². The van der Waals surface area contributed by atoms with Gasteiger partial charge in [-0.2, -0.15) is 0 Å². The number of aromatic nitrogens is 2. The van der Waals surface area contributed by atoms with Crippen molar-refractivity contribution in [3.05, 3.63) is 109 Å². The number of nitrogens with zero attached hydrogens (tertiary/aromatic N) is 2. The van der Waals surface area contributed by atoms with Crippen molar-refractivity contribution in [2.24, 2.45) is 0 Å². The number of aromatic carboxylic acids is 2. The highest BCUT2D eigenvalue weighted by molar-refractivity contribution is 5.88. The fourth-order valence-corrected chi connectivity index (χ4v) is 2.80. The lowest BCUT2D eigenvalue weighted by atomic mass is 10.1. The molecule has 2 aromatic carbocycles. The first-order valence-electron chi connectivity index (χ1n) is 10.3. The number of ether oxygens (including phenoxy) is 2. The molecule has 0 radical (unpaired) electrons. The van der Waals surface area contributed by atoms with E-state index in [1.54, 1.807) is 49.1 Å². The summed E-state index contributed by atoms with van der Waals surface area (Å²) in [6.07, 6.45) is 7.15. The third-order valence-electron chi connectivity index (χ3n) is 4.52. The Morgan fingerprint density at radius 3 is 1.18 bits per heavy atom. The highest BCUT2D eigenvalue weighted by Gasteiger charge is 2.03. The van der Waals surface area contributed by atoms with Gasteiger partial charge in [-0.15, -0.1) is 0 Å². The van der Waals surface area contributed by atoms with Crippen molar-refractivity contribution < 1.29 is 29.3 Å². The summed E-state index contributed by atoms with van der Waals surface area (Å²) < 4.78 is 10.8. The lowest BCUT2D eigenvalue weighted by Gasteiger charge is -2.08. The highest BCUT2D eigenvalue weighted by atomic mass is 16.5. The number of hydrogen-bond donors (Lipinski definition) is 2. The summed E-state index contributed by atoms with van der Waals surface area (Å²) in [5.74, 6) is -0.871. The van der Waals surface area contributed by atoms with Gasteiger partial charge in [-0.25, -0.2) is 9.59 Å². The Hall–Kier alpha value is -4.72. The Morgan fingerprint density at radius 1 is 0.559 bits per heavy atom. The minimum Gasteiger partial charge on any atom is -0.490 e. The van der Waals surface area contributed by atoms with Gasteiger partial charge in [0, 0.05) is 24.8 Å². The first kappa shape index (κ1) is 23.9. The van der Waals surface area contributed by atoms with Crippen LogP contribution in [0.3, 0.4) is 0 Å². The Bertz CT molecular complexity index is 1080. The molecule has 2 N–H and O–H groups in total. The minimum atomic E-state index is -0.986. The van der Waals surface area contributed by atoms with E-state index in [-0.39, 0.29) is 24.3 Å². The van der Waals surface area contributed by atoms with Crippen molar-refractivity contribution in [1.82, 2.24) is 9.97 Å². The van der Waals surface area contributed by atoms with Crippen molar-refractivity contribution in [2.45, 2.75) is 0 Å². The number of carboxylic acids is 2. The second-order valence-electron chi connectivity index (χ2n) is 6.83. The molecule has 2 aromatic heterocycles. The summed E-state index contributed by atoms with van der Waals surface area (Å²) in [6.45, 7) is 0.570. The van der Waals surface area contributed by atoms with E-state index in [2.05, 4.69) is 9.97 Å². The third kappa shape index (κ3) is 7.45. The third-order valence-corrected chi connectivity index (χ3v) is 4.52. The summed E-state index contributed by atoms with van der Waals surface area (Å²) >= 11 is 0. The van der Waals surface area contributed by atoms with Crippen LogP contribution in [-0.4, -0.2) is 45.3 Å². The van der Waals surface area contributed by atoms with Crippen molar-refractivity contribution in [3.63, 3.8) is 0 Å². The molecule has 0 spiro atoms. The monoisotopic (exact) mass is 458 g/mol. The summed E-state index contributed by atoms with van der Waals surface area (Å²) in [4.78, 5) is 29.3. The standard InChI is InChI=1S/C16H14O6.C10H8N2/c17-15(18)11-1-5-13(6-2-11)21-9-10-22-14-7-3-12(4-8-14)16(19)20;1-5-11-6-2-9(1)10-3-7-12-8-4-10/h1-8H,9-10H2,(H,17,18)(H,19,20);1-8H. The van der Waals surface area contributed by atoms with Gasteiger partial charge in [0.2, 0.25) is 0 Å². The van der Waals surface area contributed by atoms with Gasteiger partial charge in [-0.3, -0.25) is 9.97 Å². The summed E-state index contributed by atoms with van der Waals surface area (Å²) in [5.41, 5.74) is 2.74. The molecular weight excluding hydrogens is 436 g/mol. The molecule has 172 valence electrons. The van der Waals surface area contributed by atoms with E-state index in [9.17, 15) is 9.59 Å². The van der Waals surface area contributed by atoms with Crippen molar-refractivity contribution >= 4 is 11.9 Å². The average Bonchev–Trinajstić information content (AvgIpc) is 2.88. The molecule has 0 amide bonds. The van der Waals surface area contributed by atoms with Gasteiger partial charge in [0.1, 0.15) is 24.7 Å². The van der Waals surface area contributed by atoms with Gasteiger partial charge in [-0.1, -0.05) is 0 Å². The van der Waals surface area contributed by atoms with Gasteiger partial charge in [0.25, 0.3) is 0 Å². The Kier molecular flexibility index (Phi) is 8.69. The number of rotatable bonds is 8. The molecule has 0 fully saturated rings. The van der Waals surface area contributed by atoms with Crippen LogP contribution in [0.2, 0.25) is 0 Å². The van der Waals surface area contributed by atoms with Crippen LogP contribution >= 0.6 is 0 Å². The van der Waals surface area contributed by atoms with Gasteiger partial charge < -0.3 is 19.7 Å². The zero-order chi connectivity index (χ0) is 24.2. The Morgan fingerprint density at radius 2 is 0.882 bits per heavy atom. The number of carboxylic acid groups (broad SMARTS) is 2. The second-order valence-corrected chi connectivity index (χ2v) is 6.83. The van der Waals surface area contributed by atoms with E-state index < -0.39 is 11.9 Å². The predicted octanol–water partition coefficient (Wildman–Crippen LogP) is 4.68. The van der Waals surface area contributed by atoms with Crippen LogP contribution in [0.5, 0.6) is 11.5 Å². The van der Waals surface area contributed by atoms with Crippen LogP contribution < -0.4 is 9.47 Å². The summed E-state index contributed by atoms with van der Waals surface area (Å²) in [5, 5.41) is 17.5. The SMILES string of the molecule is O=C(O)c1ccc(OCCOc2ccc(C(=O)O)cc2)cc1.c1cc(-c2ccncc2)ccn1. The van der Waals surface area contributed by atoms with Crippen LogP contribution in [0.4, 0.5) is 0 Å². The van der Waals surface area contributed by atoms with Crippen molar-refractivity contribution in [1.29, 1.82) is 0 Å². The maximum Gasteiger partial charge on any atom is 0.335 e. The first-order chi connectivity index (χ1) is 16.5. The van der Waals surface area contributed by atoms with E-state index in [4.69, 9.17) is 19.7 Å². The van der Waals surface area contributed by atoms with E-state index in [0.29, 0.717) is 11.5 Å². The molecule has 8 heteroatoms. The van der Waals surface area contributed by atoms with Crippen molar-refractivity contribution in [3.8, 4) is 22.6 Å². The molecule has 0 saturated carbocycles. The molecule has 0 saturated heterocycles. The van der Waals surface area contributed by atoms with Gasteiger partial charge in [0.05, 0.1) is 11.1 Å². The van der Waals surface area contributed by atoms with E-state index in [1.165, 1.54) is 35.4 Å². The van der Waals surface area contributed by atoms with E-state index in [1.807, 2.05) is 24.3 Å². The first-order valence-corrected chi connectivity index (χ1v) is 10.3. The highest BCUT2D eigenvalue weighted by Crippen LogP contribution is 2.16. The molecule has 0 atom stereocenters. The molecule has 4 rings (SSSR count). The fourth-order valence-electron chi connectivity index (χ4n) is 2.80. The zero-order valence-electron chi connectivity index (χ0n) is 18.1. The minimum absolute atomic E-state index is 0.196. The Labute approximate surface area is 196 Å². The number of benzene rings is 2. The predicted molar refractivity (Wildman–Crippen MR) is 125 cm³/mol. The normalized spacial score (nSPS) is 9.88. The molecule has 0 unspecified atom stereocenters. The van der Waals surface area contributed by atoms with Crippen LogP contribution in [-0.2, 0) is 0 Å². The van der Waals surface area contributed by atoms with Crippen molar-refractivity contribution in [2.75, 3.05) is 13.2 Å². The van der Waals surface area contributed by atoms with Gasteiger partial charge in [0.15, 0.2) is 0 Å². The lowest BCUT2D eigenvalue weighted by Crippen LogP contribution is -2.09. The molecule has 0 aliphatic rings. The largest absolute Gasteiger partial charge is 0.490 e. The number of pyridine rings is 2. The Balaban J connectivity index is 0.000000226. The zero-order valence-corrected chi connectivity index (χ0v) is 18.1.